The first-order chi connectivity index (χ1) is 13.9. The van der Waals surface area contributed by atoms with Crippen LogP contribution in [0.2, 0.25) is 5.02 Å². The van der Waals surface area contributed by atoms with Crippen molar-refractivity contribution in [2.75, 3.05) is 37.4 Å². The predicted octanol–water partition coefficient (Wildman–Crippen LogP) is 4.22. The second-order valence-corrected chi connectivity index (χ2v) is 8.12. The maximum Gasteiger partial charge on any atom is 0.227 e. The smallest absolute Gasteiger partial charge is 0.227 e. The summed E-state index contributed by atoms with van der Waals surface area (Å²) in [6, 6.07) is 15.5. The van der Waals surface area contributed by atoms with Gasteiger partial charge in [-0.3, -0.25) is 9.59 Å². The number of rotatable bonds is 6. The van der Waals surface area contributed by atoms with Crippen molar-refractivity contribution in [2.45, 2.75) is 25.7 Å². The molecule has 1 saturated heterocycles. The molecule has 6 heteroatoms. The standard InChI is InChI=1S/C23H28ClN3O2/c1-26(2)21-10-9-19(24)16-20(21)25-23(29)18-12-14-27(15-13-18)22(28)11-8-17-6-4-3-5-7-17/h3-7,9-10,16,18H,8,11-15H2,1-2H3,(H,25,29). The molecule has 2 aromatic rings. The summed E-state index contributed by atoms with van der Waals surface area (Å²) < 4.78 is 0. The Morgan fingerprint density at radius 3 is 2.45 bits per heavy atom. The molecule has 1 fully saturated rings. The molecule has 29 heavy (non-hydrogen) atoms. The molecular weight excluding hydrogens is 386 g/mol. The first-order valence-corrected chi connectivity index (χ1v) is 10.4. The van der Waals surface area contributed by atoms with E-state index >= 15 is 0 Å². The van der Waals surface area contributed by atoms with Crippen LogP contribution in [0.1, 0.15) is 24.8 Å². The SMILES string of the molecule is CN(C)c1ccc(Cl)cc1NC(=O)C1CCN(C(=O)CCc2ccccc2)CC1. The van der Waals surface area contributed by atoms with Gasteiger partial charge in [0, 0.05) is 44.5 Å². The summed E-state index contributed by atoms with van der Waals surface area (Å²) in [5.74, 6) is 0.0614. The molecule has 0 aliphatic carbocycles. The highest BCUT2D eigenvalue weighted by atomic mass is 35.5. The van der Waals surface area contributed by atoms with Crippen LogP contribution in [0, 0.1) is 5.92 Å². The lowest BCUT2D eigenvalue weighted by Gasteiger charge is -2.31. The zero-order valence-corrected chi connectivity index (χ0v) is 17.8. The third kappa shape index (κ3) is 5.73. The van der Waals surface area contributed by atoms with Crippen LogP contribution < -0.4 is 10.2 Å². The molecule has 5 nitrogen and oxygen atoms in total. The maximum absolute atomic E-state index is 12.8. The minimum absolute atomic E-state index is 0.00764. The van der Waals surface area contributed by atoms with Crippen LogP contribution >= 0.6 is 11.6 Å². The Balaban J connectivity index is 1.51. The molecule has 0 unspecified atom stereocenters. The van der Waals surface area contributed by atoms with Crippen LogP contribution in [-0.2, 0) is 16.0 Å². The Kier molecular flexibility index (Phi) is 7.15. The van der Waals surface area contributed by atoms with Crippen molar-refractivity contribution in [2.24, 2.45) is 5.92 Å². The number of aryl methyl sites for hydroxylation is 1. The van der Waals surface area contributed by atoms with E-state index in [2.05, 4.69) is 5.32 Å². The molecule has 0 aromatic heterocycles. The molecule has 0 saturated carbocycles. The van der Waals surface area contributed by atoms with Gasteiger partial charge >= 0.3 is 0 Å². The number of amides is 2. The summed E-state index contributed by atoms with van der Waals surface area (Å²) in [4.78, 5) is 29.1. The van der Waals surface area contributed by atoms with Gasteiger partial charge < -0.3 is 15.1 Å². The lowest BCUT2D eigenvalue weighted by Crippen LogP contribution is -2.41. The molecular formula is C23H28ClN3O2. The fourth-order valence-electron chi connectivity index (χ4n) is 3.68. The third-order valence-corrected chi connectivity index (χ3v) is 5.62. The lowest BCUT2D eigenvalue weighted by atomic mass is 9.95. The van der Waals surface area contributed by atoms with Gasteiger partial charge in [-0.2, -0.15) is 0 Å². The largest absolute Gasteiger partial charge is 0.376 e. The van der Waals surface area contributed by atoms with Crippen molar-refractivity contribution in [1.82, 2.24) is 4.90 Å². The second kappa shape index (κ2) is 9.79. The minimum atomic E-state index is -0.0952. The molecule has 2 aromatic carbocycles. The van der Waals surface area contributed by atoms with Crippen molar-refractivity contribution in [3.63, 3.8) is 0 Å². The Morgan fingerprint density at radius 2 is 1.79 bits per heavy atom. The summed E-state index contributed by atoms with van der Waals surface area (Å²) in [5.41, 5.74) is 2.80. The van der Waals surface area contributed by atoms with E-state index in [1.165, 1.54) is 5.56 Å². The molecule has 0 atom stereocenters. The highest BCUT2D eigenvalue weighted by Crippen LogP contribution is 2.29. The number of halogens is 1. The summed E-state index contributed by atoms with van der Waals surface area (Å²) in [5, 5.41) is 3.61. The van der Waals surface area contributed by atoms with E-state index in [9.17, 15) is 9.59 Å². The second-order valence-electron chi connectivity index (χ2n) is 7.69. The van der Waals surface area contributed by atoms with Crippen LogP contribution in [0.3, 0.4) is 0 Å². The molecule has 0 spiro atoms. The lowest BCUT2D eigenvalue weighted by molar-refractivity contribution is -0.134. The van der Waals surface area contributed by atoms with Gasteiger partial charge in [0.25, 0.3) is 0 Å². The average molecular weight is 414 g/mol. The number of anilines is 2. The Hall–Kier alpha value is -2.53. The normalized spacial score (nSPS) is 14.5. The Morgan fingerprint density at radius 1 is 1.10 bits per heavy atom. The number of carbonyl (C=O) groups excluding carboxylic acids is 2. The molecule has 1 heterocycles. The van der Waals surface area contributed by atoms with Crippen molar-refractivity contribution in [3.8, 4) is 0 Å². The first kappa shape index (κ1) is 21.2. The van der Waals surface area contributed by atoms with Crippen molar-refractivity contribution < 1.29 is 9.59 Å². The predicted molar refractivity (Wildman–Crippen MR) is 118 cm³/mol. The van der Waals surface area contributed by atoms with Gasteiger partial charge in [0.05, 0.1) is 11.4 Å². The van der Waals surface area contributed by atoms with Crippen molar-refractivity contribution in [1.29, 1.82) is 0 Å². The molecule has 1 aliphatic rings. The van der Waals surface area contributed by atoms with Gasteiger partial charge in [-0.05, 0) is 43.0 Å². The monoisotopic (exact) mass is 413 g/mol. The fraction of sp³-hybridized carbons (Fsp3) is 0.391. The Labute approximate surface area is 177 Å². The van der Waals surface area contributed by atoms with Gasteiger partial charge in [-0.1, -0.05) is 41.9 Å². The third-order valence-electron chi connectivity index (χ3n) is 5.39. The van der Waals surface area contributed by atoms with Gasteiger partial charge in [0.15, 0.2) is 0 Å². The van der Waals surface area contributed by atoms with Crippen LogP contribution in [0.15, 0.2) is 48.5 Å². The van der Waals surface area contributed by atoms with Crippen LogP contribution in [0.5, 0.6) is 0 Å². The van der Waals surface area contributed by atoms with E-state index in [1.807, 2.05) is 66.4 Å². The molecule has 2 amide bonds. The number of nitrogens with zero attached hydrogens (tertiary/aromatic N) is 2. The quantitative estimate of drug-likeness (QED) is 0.771. The highest BCUT2D eigenvalue weighted by Gasteiger charge is 2.27. The summed E-state index contributed by atoms with van der Waals surface area (Å²) in [6.45, 7) is 1.25. The molecule has 3 rings (SSSR count). The Bertz CT molecular complexity index is 846. The number of piperidine rings is 1. The molecule has 154 valence electrons. The van der Waals surface area contributed by atoms with E-state index in [4.69, 9.17) is 11.6 Å². The molecule has 1 aliphatic heterocycles. The van der Waals surface area contributed by atoms with Crippen LogP contribution in [0.25, 0.3) is 0 Å². The highest BCUT2D eigenvalue weighted by molar-refractivity contribution is 6.31. The number of hydrogen-bond acceptors (Lipinski definition) is 3. The topological polar surface area (TPSA) is 52.7 Å². The van der Waals surface area contributed by atoms with Crippen molar-refractivity contribution in [3.05, 3.63) is 59.1 Å². The van der Waals surface area contributed by atoms with E-state index in [1.54, 1.807) is 6.07 Å². The minimum Gasteiger partial charge on any atom is -0.376 e. The van der Waals surface area contributed by atoms with Gasteiger partial charge in [-0.15, -0.1) is 0 Å². The van der Waals surface area contributed by atoms with E-state index in [0.29, 0.717) is 43.1 Å². The van der Waals surface area contributed by atoms with Crippen LogP contribution in [-0.4, -0.2) is 43.9 Å². The van der Waals surface area contributed by atoms with E-state index < -0.39 is 0 Å². The molecule has 1 N–H and O–H groups in total. The van der Waals surface area contributed by atoms with Crippen molar-refractivity contribution >= 4 is 34.8 Å². The molecule has 0 bridgehead atoms. The van der Waals surface area contributed by atoms with E-state index in [-0.39, 0.29) is 17.7 Å². The number of carbonyl (C=O) groups is 2. The number of nitrogens with one attached hydrogen (secondary N) is 1. The summed E-state index contributed by atoms with van der Waals surface area (Å²) in [6.07, 6.45) is 2.62. The fourth-order valence-corrected chi connectivity index (χ4v) is 3.85. The first-order valence-electron chi connectivity index (χ1n) is 10.0. The zero-order chi connectivity index (χ0) is 20.8. The van der Waals surface area contributed by atoms with Gasteiger partial charge in [0.1, 0.15) is 0 Å². The summed E-state index contributed by atoms with van der Waals surface area (Å²) >= 11 is 6.10. The number of benzene rings is 2. The average Bonchev–Trinajstić information content (AvgIpc) is 2.72. The number of likely N-dealkylation sites (tertiary alicyclic amines) is 1. The van der Waals surface area contributed by atoms with Gasteiger partial charge in [0.2, 0.25) is 11.8 Å². The number of hydrogen-bond donors (Lipinski definition) is 1. The maximum atomic E-state index is 12.8. The van der Waals surface area contributed by atoms with E-state index in [0.717, 1.165) is 12.1 Å². The van der Waals surface area contributed by atoms with Gasteiger partial charge in [-0.25, -0.2) is 0 Å². The zero-order valence-electron chi connectivity index (χ0n) is 17.0. The van der Waals surface area contributed by atoms with Crippen LogP contribution in [0.4, 0.5) is 11.4 Å². The molecule has 0 radical (unpaired) electrons. The summed E-state index contributed by atoms with van der Waals surface area (Å²) in [7, 11) is 3.86.